The maximum absolute atomic E-state index is 12.6. The maximum Gasteiger partial charge on any atom is 0.392 e. The molecular formula is C11H18F3NOS. The molecule has 0 saturated heterocycles. The summed E-state index contributed by atoms with van der Waals surface area (Å²) in [6.45, 7) is 5.28. The number of alkyl halides is 3. The second-order valence-electron chi connectivity index (χ2n) is 5.35. The van der Waals surface area contributed by atoms with Gasteiger partial charge in [-0.25, -0.2) is 4.21 Å². The standard InChI is InChI=1S/C11H18F3NOS/c1-10(2,3)17(16)15-9-6-4-5-8(7-9)11(12,13)14/h8H,4-7H2,1-3H3. The molecule has 100 valence electrons. The molecule has 0 amide bonds. The second kappa shape index (κ2) is 5.08. The monoisotopic (exact) mass is 269 g/mol. The Morgan fingerprint density at radius 2 is 1.88 bits per heavy atom. The molecule has 0 aromatic carbocycles. The summed E-state index contributed by atoms with van der Waals surface area (Å²) in [5.41, 5.74) is 0.451. The van der Waals surface area contributed by atoms with Crippen molar-refractivity contribution in [1.29, 1.82) is 0 Å². The van der Waals surface area contributed by atoms with Crippen molar-refractivity contribution < 1.29 is 17.4 Å². The largest absolute Gasteiger partial charge is 0.392 e. The van der Waals surface area contributed by atoms with E-state index < -0.39 is 27.8 Å². The summed E-state index contributed by atoms with van der Waals surface area (Å²) in [6.07, 6.45) is -3.08. The number of halogens is 3. The Morgan fingerprint density at radius 1 is 1.29 bits per heavy atom. The van der Waals surface area contributed by atoms with Gasteiger partial charge in [0, 0.05) is 5.71 Å². The molecule has 0 aromatic rings. The highest BCUT2D eigenvalue weighted by atomic mass is 32.2. The Hall–Kier alpha value is -0.390. The van der Waals surface area contributed by atoms with Gasteiger partial charge in [-0.15, -0.1) is 0 Å². The Balaban J connectivity index is 2.74. The molecule has 1 aliphatic carbocycles. The van der Waals surface area contributed by atoms with Gasteiger partial charge in [0.25, 0.3) is 0 Å². The van der Waals surface area contributed by atoms with Crippen molar-refractivity contribution in [2.75, 3.05) is 0 Å². The zero-order chi connectivity index (χ0) is 13.3. The summed E-state index contributed by atoms with van der Waals surface area (Å²) < 4.78 is 52.8. The molecule has 17 heavy (non-hydrogen) atoms. The third-order valence-electron chi connectivity index (χ3n) is 2.70. The number of nitrogens with zero attached hydrogens (tertiary/aromatic N) is 1. The van der Waals surface area contributed by atoms with Crippen LogP contribution >= 0.6 is 0 Å². The lowest BCUT2D eigenvalue weighted by molar-refractivity contribution is -0.175. The molecule has 0 bridgehead atoms. The number of hydrogen-bond donors (Lipinski definition) is 0. The van der Waals surface area contributed by atoms with E-state index in [9.17, 15) is 17.4 Å². The average Bonchev–Trinajstić information content (AvgIpc) is 2.15. The number of rotatable bonds is 1. The fourth-order valence-electron chi connectivity index (χ4n) is 1.66. The van der Waals surface area contributed by atoms with Gasteiger partial charge < -0.3 is 0 Å². The van der Waals surface area contributed by atoms with Gasteiger partial charge >= 0.3 is 6.18 Å². The molecule has 0 aliphatic heterocycles. The Bertz CT molecular complexity index is 331. The first-order valence-corrected chi connectivity index (χ1v) is 6.76. The van der Waals surface area contributed by atoms with Crippen LogP contribution in [0.3, 0.4) is 0 Å². The van der Waals surface area contributed by atoms with Crippen LogP contribution in [-0.2, 0) is 11.0 Å². The van der Waals surface area contributed by atoms with Gasteiger partial charge in [0.05, 0.1) is 10.7 Å². The minimum absolute atomic E-state index is 0.0919. The van der Waals surface area contributed by atoms with E-state index in [1.807, 2.05) is 0 Å². The SMILES string of the molecule is CC(C)(C)S(=O)N=C1CCCC(C(F)(F)F)C1. The molecule has 0 heterocycles. The van der Waals surface area contributed by atoms with Gasteiger partial charge in [-0.3, -0.25) is 0 Å². The van der Waals surface area contributed by atoms with Crippen LogP contribution in [0, 0.1) is 5.92 Å². The van der Waals surface area contributed by atoms with E-state index in [0.717, 1.165) is 0 Å². The van der Waals surface area contributed by atoms with Crippen LogP contribution < -0.4 is 0 Å². The fraction of sp³-hybridized carbons (Fsp3) is 0.909. The molecule has 2 unspecified atom stereocenters. The zero-order valence-corrected chi connectivity index (χ0v) is 11.1. The lowest BCUT2D eigenvalue weighted by Crippen LogP contribution is -2.30. The molecule has 2 atom stereocenters. The van der Waals surface area contributed by atoms with Gasteiger partial charge in [-0.2, -0.15) is 17.6 Å². The Labute approximate surface area is 102 Å². The van der Waals surface area contributed by atoms with Crippen molar-refractivity contribution in [3.63, 3.8) is 0 Å². The van der Waals surface area contributed by atoms with E-state index in [2.05, 4.69) is 4.40 Å². The van der Waals surface area contributed by atoms with Crippen LogP contribution in [0.2, 0.25) is 0 Å². The summed E-state index contributed by atoms with van der Waals surface area (Å²) in [7, 11) is -1.46. The van der Waals surface area contributed by atoms with Crippen molar-refractivity contribution in [3.05, 3.63) is 0 Å². The highest BCUT2D eigenvalue weighted by molar-refractivity contribution is 7.85. The molecule has 0 N–H and O–H groups in total. The average molecular weight is 269 g/mol. The molecule has 1 rings (SSSR count). The fourth-order valence-corrected chi connectivity index (χ4v) is 2.33. The molecule has 0 spiro atoms. The first-order valence-electron chi connectivity index (χ1n) is 5.66. The van der Waals surface area contributed by atoms with Gasteiger partial charge in [-0.05, 0) is 46.5 Å². The van der Waals surface area contributed by atoms with Crippen LogP contribution in [0.5, 0.6) is 0 Å². The predicted molar refractivity (Wildman–Crippen MR) is 63.3 cm³/mol. The van der Waals surface area contributed by atoms with Crippen LogP contribution in [0.25, 0.3) is 0 Å². The van der Waals surface area contributed by atoms with Crippen LogP contribution in [0.4, 0.5) is 13.2 Å². The normalized spacial score (nSPS) is 27.2. The van der Waals surface area contributed by atoms with E-state index in [-0.39, 0.29) is 12.8 Å². The molecule has 6 heteroatoms. The molecule has 2 nitrogen and oxygen atoms in total. The third kappa shape index (κ3) is 4.41. The Morgan fingerprint density at radius 3 is 2.35 bits per heavy atom. The van der Waals surface area contributed by atoms with Crippen molar-refractivity contribution in [3.8, 4) is 0 Å². The van der Waals surface area contributed by atoms with E-state index >= 15 is 0 Å². The quantitative estimate of drug-likeness (QED) is 0.714. The van der Waals surface area contributed by atoms with Crippen LogP contribution in [0.15, 0.2) is 4.40 Å². The molecule has 0 radical (unpaired) electrons. The van der Waals surface area contributed by atoms with Crippen LogP contribution in [-0.4, -0.2) is 20.8 Å². The lowest BCUT2D eigenvalue weighted by atomic mass is 9.87. The summed E-state index contributed by atoms with van der Waals surface area (Å²) in [5.74, 6) is -1.31. The first kappa shape index (κ1) is 14.7. The number of hydrogen-bond acceptors (Lipinski definition) is 1. The van der Waals surface area contributed by atoms with Crippen LogP contribution in [0.1, 0.15) is 46.5 Å². The minimum atomic E-state index is -4.16. The summed E-state index contributed by atoms with van der Waals surface area (Å²) in [4.78, 5) is 0. The van der Waals surface area contributed by atoms with Crippen molar-refractivity contribution in [2.45, 2.75) is 57.4 Å². The highest BCUT2D eigenvalue weighted by Gasteiger charge is 2.41. The molecule has 1 saturated carbocycles. The van der Waals surface area contributed by atoms with Gasteiger partial charge in [0.15, 0.2) is 0 Å². The molecule has 1 fully saturated rings. The molecule has 1 aliphatic rings. The van der Waals surface area contributed by atoms with Crippen molar-refractivity contribution in [1.82, 2.24) is 0 Å². The van der Waals surface area contributed by atoms with Crippen molar-refractivity contribution in [2.24, 2.45) is 10.3 Å². The van der Waals surface area contributed by atoms with Gasteiger partial charge in [0.1, 0.15) is 11.0 Å². The highest BCUT2D eigenvalue weighted by Crippen LogP contribution is 2.36. The minimum Gasteiger partial charge on any atom is -0.234 e. The van der Waals surface area contributed by atoms with E-state index in [1.165, 1.54) is 0 Å². The first-order chi connectivity index (χ1) is 7.60. The smallest absolute Gasteiger partial charge is 0.234 e. The third-order valence-corrected chi connectivity index (χ3v) is 4.17. The molecular weight excluding hydrogens is 251 g/mol. The summed E-state index contributed by atoms with van der Waals surface area (Å²) in [6, 6.07) is 0. The summed E-state index contributed by atoms with van der Waals surface area (Å²) in [5, 5.41) is 0. The topological polar surface area (TPSA) is 29.4 Å². The molecule has 0 aromatic heterocycles. The summed E-state index contributed by atoms with van der Waals surface area (Å²) >= 11 is 0. The maximum atomic E-state index is 12.6. The van der Waals surface area contributed by atoms with E-state index in [0.29, 0.717) is 18.6 Å². The predicted octanol–water partition coefficient (Wildman–Crippen LogP) is 3.64. The van der Waals surface area contributed by atoms with Crippen molar-refractivity contribution >= 4 is 16.7 Å². The van der Waals surface area contributed by atoms with Gasteiger partial charge in [-0.1, -0.05) is 0 Å². The van der Waals surface area contributed by atoms with E-state index in [4.69, 9.17) is 0 Å². The van der Waals surface area contributed by atoms with E-state index in [1.54, 1.807) is 20.8 Å². The second-order valence-corrected chi connectivity index (χ2v) is 7.26. The Kier molecular flexibility index (Phi) is 4.38. The lowest BCUT2D eigenvalue weighted by Gasteiger charge is -2.25. The zero-order valence-electron chi connectivity index (χ0n) is 10.3. The van der Waals surface area contributed by atoms with Gasteiger partial charge in [0.2, 0.25) is 0 Å².